The number of nitrogens with zero attached hydrogens (tertiary/aromatic N) is 1. The van der Waals surface area contributed by atoms with Gasteiger partial charge in [-0.1, -0.05) is 36.4 Å². The van der Waals surface area contributed by atoms with E-state index in [0.29, 0.717) is 12.6 Å². The Kier molecular flexibility index (Phi) is 3.11. The fraction of sp³-hybridized carbons (Fsp3) is 0.312. The largest absolute Gasteiger partial charge is 0.335 e. The summed E-state index contributed by atoms with van der Waals surface area (Å²) < 4.78 is 0. The molecular weight excluding hydrogens is 236 g/mol. The van der Waals surface area contributed by atoms with E-state index in [4.69, 9.17) is 0 Å². The fourth-order valence-electron chi connectivity index (χ4n) is 2.35. The van der Waals surface area contributed by atoms with E-state index >= 15 is 0 Å². The molecule has 1 aliphatic rings. The van der Waals surface area contributed by atoms with Gasteiger partial charge in [0.15, 0.2) is 0 Å². The number of amides is 2. The molecule has 0 radical (unpaired) electrons. The van der Waals surface area contributed by atoms with E-state index in [0.717, 1.165) is 29.3 Å². The summed E-state index contributed by atoms with van der Waals surface area (Å²) in [5, 5.41) is 5.34. The van der Waals surface area contributed by atoms with Crippen LogP contribution in [0.4, 0.5) is 10.5 Å². The molecule has 1 fully saturated rings. The molecule has 1 N–H and O–H groups in total. The molecule has 98 valence electrons. The van der Waals surface area contributed by atoms with Gasteiger partial charge in [0.05, 0.1) is 5.69 Å². The van der Waals surface area contributed by atoms with Gasteiger partial charge in [-0.25, -0.2) is 4.79 Å². The molecule has 1 aliphatic carbocycles. The Labute approximate surface area is 113 Å². The van der Waals surface area contributed by atoms with Crippen molar-refractivity contribution in [2.75, 3.05) is 11.4 Å². The highest BCUT2D eigenvalue weighted by molar-refractivity contribution is 6.03. The molecule has 2 aromatic rings. The summed E-state index contributed by atoms with van der Waals surface area (Å²) >= 11 is 0. The molecular formula is C16H18N2O. The third-order valence-electron chi connectivity index (χ3n) is 3.52. The van der Waals surface area contributed by atoms with Gasteiger partial charge in [0.25, 0.3) is 0 Å². The zero-order valence-electron chi connectivity index (χ0n) is 11.1. The molecule has 0 bridgehead atoms. The molecule has 0 aliphatic heterocycles. The van der Waals surface area contributed by atoms with Crippen LogP contribution >= 0.6 is 0 Å². The van der Waals surface area contributed by atoms with Crippen LogP contribution in [0.15, 0.2) is 42.5 Å². The number of hydrogen-bond acceptors (Lipinski definition) is 1. The van der Waals surface area contributed by atoms with Gasteiger partial charge < -0.3 is 5.32 Å². The van der Waals surface area contributed by atoms with Crippen molar-refractivity contribution in [2.45, 2.75) is 25.8 Å². The second-order valence-corrected chi connectivity index (χ2v) is 4.97. The number of urea groups is 1. The lowest BCUT2D eigenvalue weighted by atomic mass is 10.1. The lowest BCUT2D eigenvalue weighted by Crippen LogP contribution is -2.41. The molecule has 19 heavy (non-hydrogen) atoms. The van der Waals surface area contributed by atoms with Gasteiger partial charge in [-0.15, -0.1) is 0 Å². The summed E-state index contributed by atoms with van der Waals surface area (Å²) in [4.78, 5) is 14.1. The molecule has 3 rings (SSSR count). The number of hydrogen-bond donors (Lipinski definition) is 1. The van der Waals surface area contributed by atoms with E-state index in [-0.39, 0.29) is 6.03 Å². The van der Waals surface area contributed by atoms with Gasteiger partial charge >= 0.3 is 6.03 Å². The number of nitrogens with one attached hydrogen (secondary N) is 1. The second-order valence-electron chi connectivity index (χ2n) is 4.97. The SMILES string of the molecule is CCN(C(=O)NC1CC1)c1cccc2ccccc12. The maximum absolute atomic E-state index is 12.3. The Morgan fingerprint density at radius 1 is 1.21 bits per heavy atom. The fourth-order valence-corrected chi connectivity index (χ4v) is 2.35. The van der Waals surface area contributed by atoms with E-state index in [1.807, 2.05) is 36.1 Å². The average molecular weight is 254 g/mol. The van der Waals surface area contributed by atoms with Crippen molar-refractivity contribution in [1.82, 2.24) is 5.32 Å². The summed E-state index contributed by atoms with van der Waals surface area (Å²) in [6.07, 6.45) is 2.22. The molecule has 3 nitrogen and oxygen atoms in total. The summed E-state index contributed by atoms with van der Waals surface area (Å²) in [5.74, 6) is 0. The van der Waals surface area contributed by atoms with Crippen LogP contribution in [0.1, 0.15) is 19.8 Å². The number of rotatable bonds is 3. The van der Waals surface area contributed by atoms with Gasteiger partial charge in [0, 0.05) is 18.0 Å². The molecule has 1 saturated carbocycles. The summed E-state index contributed by atoms with van der Waals surface area (Å²) in [7, 11) is 0. The minimum Gasteiger partial charge on any atom is -0.335 e. The van der Waals surface area contributed by atoms with Crippen molar-refractivity contribution in [2.24, 2.45) is 0 Å². The predicted molar refractivity (Wildman–Crippen MR) is 78.5 cm³/mol. The summed E-state index contributed by atoms with van der Waals surface area (Å²) in [5.41, 5.74) is 0.985. The Bertz CT molecular complexity index is 599. The van der Waals surface area contributed by atoms with Crippen molar-refractivity contribution >= 4 is 22.5 Å². The minimum absolute atomic E-state index is 0.0151. The molecule has 0 spiro atoms. The van der Waals surface area contributed by atoms with E-state index in [9.17, 15) is 4.79 Å². The Morgan fingerprint density at radius 3 is 2.68 bits per heavy atom. The van der Waals surface area contributed by atoms with Gasteiger partial charge in [-0.05, 0) is 31.2 Å². The lowest BCUT2D eigenvalue weighted by molar-refractivity contribution is 0.246. The highest BCUT2D eigenvalue weighted by Crippen LogP contribution is 2.27. The van der Waals surface area contributed by atoms with Crippen LogP contribution in [0.3, 0.4) is 0 Å². The zero-order chi connectivity index (χ0) is 13.2. The highest BCUT2D eigenvalue weighted by Gasteiger charge is 2.26. The van der Waals surface area contributed by atoms with Crippen LogP contribution < -0.4 is 10.2 Å². The van der Waals surface area contributed by atoms with E-state index in [2.05, 4.69) is 23.5 Å². The third kappa shape index (κ3) is 2.41. The monoisotopic (exact) mass is 254 g/mol. The first-order valence-electron chi connectivity index (χ1n) is 6.85. The van der Waals surface area contributed by atoms with Crippen molar-refractivity contribution in [3.05, 3.63) is 42.5 Å². The molecule has 0 atom stereocenters. The van der Waals surface area contributed by atoms with Crippen LogP contribution in [0.25, 0.3) is 10.8 Å². The van der Waals surface area contributed by atoms with Crippen molar-refractivity contribution < 1.29 is 4.79 Å². The lowest BCUT2D eigenvalue weighted by Gasteiger charge is -2.23. The molecule has 0 unspecified atom stereocenters. The Morgan fingerprint density at radius 2 is 1.95 bits per heavy atom. The van der Waals surface area contributed by atoms with Crippen LogP contribution in [0, 0.1) is 0 Å². The van der Waals surface area contributed by atoms with Crippen molar-refractivity contribution in [3.8, 4) is 0 Å². The predicted octanol–water partition coefficient (Wildman–Crippen LogP) is 3.54. The van der Waals surface area contributed by atoms with Gasteiger partial charge in [-0.3, -0.25) is 4.90 Å². The van der Waals surface area contributed by atoms with Gasteiger partial charge in [0.2, 0.25) is 0 Å². The van der Waals surface area contributed by atoms with Crippen molar-refractivity contribution in [3.63, 3.8) is 0 Å². The van der Waals surface area contributed by atoms with Crippen LogP contribution in [0.2, 0.25) is 0 Å². The zero-order valence-corrected chi connectivity index (χ0v) is 11.1. The topological polar surface area (TPSA) is 32.3 Å². The minimum atomic E-state index is 0.0151. The van der Waals surface area contributed by atoms with Crippen LogP contribution in [0.5, 0.6) is 0 Å². The average Bonchev–Trinajstić information content (AvgIpc) is 3.24. The Balaban J connectivity index is 1.98. The molecule has 0 heterocycles. The maximum Gasteiger partial charge on any atom is 0.322 e. The first-order valence-corrected chi connectivity index (χ1v) is 6.85. The van der Waals surface area contributed by atoms with Crippen molar-refractivity contribution in [1.29, 1.82) is 0 Å². The molecule has 2 amide bonds. The smallest absolute Gasteiger partial charge is 0.322 e. The molecule has 0 saturated heterocycles. The van der Waals surface area contributed by atoms with Crippen LogP contribution in [-0.4, -0.2) is 18.6 Å². The van der Waals surface area contributed by atoms with E-state index in [1.54, 1.807) is 0 Å². The summed E-state index contributed by atoms with van der Waals surface area (Å²) in [6, 6.07) is 14.7. The maximum atomic E-state index is 12.3. The summed E-state index contributed by atoms with van der Waals surface area (Å²) in [6.45, 7) is 2.68. The molecule has 3 heteroatoms. The number of benzene rings is 2. The van der Waals surface area contributed by atoms with E-state index in [1.165, 1.54) is 0 Å². The quantitative estimate of drug-likeness (QED) is 0.892. The first-order chi connectivity index (χ1) is 9.29. The highest BCUT2D eigenvalue weighted by atomic mass is 16.2. The number of fused-ring (bicyclic) bond motifs is 1. The van der Waals surface area contributed by atoms with E-state index < -0.39 is 0 Å². The second kappa shape index (κ2) is 4.92. The molecule has 2 aromatic carbocycles. The Hall–Kier alpha value is -2.03. The standard InChI is InChI=1S/C16H18N2O/c1-2-18(16(19)17-13-10-11-13)15-9-5-7-12-6-3-4-8-14(12)15/h3-9,13H,2,10-11H2,1H3,(H,17,19). The number of carbonyl (C=O) groups is 1. The first kappa shape index (κ1) is 12.0. The van der Waals surface area contributed by atoms with Gasteiger partial charge in [-0.2, -0.15) is 0 Å². The normalized spacial score (nSPS) is 14.4. The van der Waals surface area contributed by atoms with Crippen LogP contribution in [-0.2, 0) is 0 Å². The molecule has 0 aromatic heterocycles. The number of carbonyl (C=O) groups excluding carboxylic acids is 1. The third-order valence-corrected chi connectivity index (χ3v) is 3.52. The number of anilines is 1. The van der Waals surface area contributed by atoms with Gasteiger partial charge in [0.1, 0.15) is 0 Å².